The molecule has 196 valence electrons. The van der Waals surface area contributed by atoms with Crippen LogP contribution >= 0.6 is 0 Å². The van der Waals surface area contributed by atoms with Gasteiger partial charge in [0.1, 0.15) is 0 Å². The van der Waals surface area contributed by atoms with E-state index < -0.39 is 12.0 Å². The molecule has 2 unspecified atom stereocenters. The highest BCUT2D eigenvalue weighted by atomic mass is 16.3. The maximum Gasteiger partial charge on any atom is 0.197 e. The van der Waals surface area contributed by atoms with Crippen LogP contribution in [0.5, 0.6) is 0 Å². The molecule has 0 fully saturated rings. The molecule has 0 spiro atoms. The van der Waals surface area contributed by atoms with E-state index in [1.165, 1.54) is 6.08 Å². The average molecular weight is 533 g/mol. The van der Waals surface area contributed by atoms with Gasteiger partial charge in [-0.3, -0.25) is 19.4 Å². The van der Waals surface area contributed by atoms with E-state index >= 15 is 0 Å². The molecule has 0 N–H and O–H groups in total. The standard InChI is InChI=1S/C36H22NO4/c38-33-27(34(39)30-18-24-6-2-1-5-23(24)17-29(30)33)11-9-21(22-13-15-37-16-14-22)10-12-28-35(40)31-19-25-7-3-4-8-26(25)20-32(31)36(28)41/h1-20,27,33H/q-1/b11-9+,21-10-. The predicted molar refractivity (Wildman–Crippen MR) is 157 cm³/mol. The van der Waals surface area contributed by atoms with Gasteiger partial charge in [-0.2, -0.15) is 0 Å². The second-order valence-electron chi connectivity index (χ2n) is 10.3. The molecule has 0 amide bonds. The summed E-state index contributed by atoms with van der Waals surface area (Å²) in [6.07, 6.45) is 8.61. The molecule has 7 rings (SSSR count). The van der Waals surface area contributed by atoms with E-state index in [2.05, 4.69) is 4.98 Å². The van der Waals surface area contributed by atoms with Gasteiger partial charge in [0.2, 0.25) is 0 Å². The fourth-order valence-corrected chi connectivity index (χ4v) is 5.74. The monoisotopic (exact) mass is 532 g/mol. The number of hydrogen-bond acceptors (Lipinski definition) is 5. The van der Waals surface area contributed by atoms with Crippen LogP contribution in [0.15, 0.2) is 127 Å². The van der Waals surface area contributed by atoms with Gasteiger partial charge in [-0.1, -0.05) is 78.9 Å². The summed E-state index contributed by atoms with van der Waals surface area (Å²) in [5, 5.41) is 17.0. The molecule has 4 aromatic carbocycles. The number of carbonyl (C=O) groups excluding carboxylic acids is 3. The normalized spacial score (nSPS) is 18.5. The molecule has 41 heavy (non-hydrogen) atoms. The van der Waals surface area contributed by atoms with E-state index in [9.17, 15) is 19.5 Å². The fourth-order valence-electron chi connectivity index (χ4n) is 5.74. The smallest absolute Gasteiger partial charge is 0.197 e. The summed E-state index contributed by atoms with van der Waals surface area (Å²) < 4.78 is 0. The highest BCUT2D eigenvalue weighted by molar-refractivity contribution is 6.40. The molecule has 1 aromatic heterocycles. The Hall–Kier alpha value is -5.26. The zero-order chi connectivity index (χ0) is 28.1. The number of hydrogen-bond donors (Lipinski definition) is 0. The number of Topliss-reactive ketones (excluding diaryl/α,β-unsaturated/α-hetero) is 3. The lowest BCUT2D eigenvalue weighted by Crippen LogP contribution is -2.22. The van der Waals surface area contributed by atoms with Crippen LogP contribution in [0.3, 0.4) is 0 Å². The maximum absolute atomic E-state index is 13.4. The molecule has 5 heteroatoms. The summed E-state index contributed by atoms with van der Waals surface area (Å²) in [7, 11) is 0. The lowest BCUT2D eigenvalue weighted by Gasteiger charge is -2.22. The van der Waals surface area contributed by atoms with Crippen LogP contribution in [-0.4, -0.2) is 22.3 Å². The largest absolute Gasteiger partial charge is 0.848 e. The van der Waals surface area contributed by atoms with Gasteiger partial charge in [-0.05, 0) is 74.7 Å². The minimum Gasteiger partial charge on any atom is -0.848 e. The molecule has 5 aromatic rings. The molecule has 2 aliphatic carbocycles. The zero-order valence-electron chi connectivity index (χ0n) is 21.8. The topological polar surface area (TPSA) is 87.2 Å². The first kappa shape index (κ1) is 24.8. The molecular weight excluding hydrogens is 510 g/mol. The molecule has 0 saturated carbocycles. The van der Waals surface area contributed by atoms with Crippen molar-refractivity contribution in [1.82, 2.24) is 4.98 Å². The van der Waals surface area contributed by atoms with Crippen LogP contribution in [0.1, 0.15) is 48.3 Å². The number of allylic oxidation sites excluding steroid dienone is 5. The number of rotatable bonds is 4. The number of carbonyl (C=O) groups is 3. The van der Waals surface area contributed by atoms with Crippen LogP contribution < -0.4 is 5.11 Å². The molecule has 2 aliphatic rings. The molecule has 5 nitrogen and oxygen atoms in total. The highest BCUT2D eigenvalue weighted by Crippen LogP contribution is 2.38. The Morgan fingerprint density at radius 1 is 0.707 bits per heavy atom. The van der Waals surface area contributed by atoms with E-state index in [0.29, 0.717) is 27.8 Å². The lowest BCUT2D eigenvalue weighted by atomic mass is 9.98. The van der Waals surface area contributed by atoms with Crippen molar-refractivity contribution in [3.05, 3.63) is 155 Å². The fraction of sp³-hybridized carbons (Fsp3) is 0.0556. The first-order chi connectivity index (χ1) is 20.0. The molecular formula is C36H22NO4-. The van der Waals surface area contributed by atoms with E-state index in [4.69, 9.17) is 0 Å². The van der Waals surface area contributed by atoms with Crippen LogP contribution in [0.2, 0.25) is 0 Å². The van der Waals surface area contributed by atoms with Gasteiger partial charge < -0.3 is 5.11 Å². The summed E-state index contributed by atoms with van der Waals surface area (Å²) >= 11 is 0. The van der Waals surface area contributed by atoms with Crippen molar-refractivity contribution < 1.29 is 19.5 Å². The van der Waals surface area contributed by atoms with Gasteiger partial charge >= 0.3 is 0 Å². The first-order valence-electron chi connectivity index (χ1n) is 13.3. The number of nitrogens with zero attached hydrogens (tertiary/aromatic N) is 1. The van der Waals surface area contributed by atoms with Crippen molar-refractivity contribution in [3.63, 3.8) is 0 Å². The van der Waals surface area contributed by atoms with Crippen LogP contribution in [-0.2, 0) is 0 Å². The Balaban J connectivity index is 1.25. The first-order valence-corrected chi connectivity index (χ1v) is 13.3. The Labute approximate surface area is 235 Å². The van der Waals surface area contributed by atoms with Crippen molar-refractivity contribution in [2.75, 3.05) is 0 Å². The minimum absolute atomic E-state index is 0.0769. The van der Waals surface area contributed by atoms with Crippen LogP contribution in [0.4, 0.5) is 0 Å². The molecule has 0 radical (unpaired) electrons. The van der Waals surface area contributed by atoms with E-state index in [-0.39, 0.29) is 22.9 Å². The lowest BCUT2D eigenvalue weighted by molar-refractivity contribution is -0.430. The van der Waals surface area contributed by atoms with Crippen molar-refractivity contribution in [2.45, 2.75) is 6.10 Å². The van der Waals surface area contributed by atoms with Gasteiger partial charge in [0, 0.05) is 35.0 Å². The number of fused-ring (bicyclic) bond motifs is 4. The third-order valence-electron chi connectivity index (χ3n) is 7.91. The predicted octanol–water partition coefficient (Wildman–Crippen LogP) is 6.25. The quantitative estimate of drug-likeness (QED) is 0.155. The van der Waals surface area contributed by atoms with Gasteiger partial charge in [-0.15, -0.1) is 0 Å². The Morgan fingerprint density at radius 2 is 1.24 bits per heavy atom. The molecule has 2 atom stereocenters. The molecule has 0 bridgehead atoms. The van der Waals surface area contributed by atoms with Crippen LogP contribution in [0.25, 0.3) is 27.1 Å². The van der Waals surface area contributed by atoms with Crippen molar-refractivity contribution in [1.29, 1.82) is 0 Å². The van der Waals surface area contributed by atoms with Crippen molar-refractivity contribution >= 4 is 44.5 Å². The number of aromatic nitrogens is 1. The Bertz CT molecular complexity index is 1960. The highest BCUT2D eigenvalue weighted by Gasteiger charge is 2.33. The van der Waals surface area contributed by atoms with Crippen LogP contribution in [0, 0.1) is 5.92 Å². The van der Waals surface area contributed by atoms with E-state index in [1.54, 1.807) is 61.0 Å². The van der Waals surface area contributed by atoms with E-state index in [0.717, 1.165) is 27.1 Å². The Morgan fingerprint density at radius 3 is 1.83 bits per heavy atom. The maximum atomic E-state index is 13.4. The third kappa shape index (κ3) is 4.15. The second-order valence-corrected chi connectivity index (χ2v) is 10.3. The summed E-state index contributed by atoms with van der Waals surface area (Å²) in [6.45, 7) is 0. The number of benzene rings is 4. The van der Waals surface area contributed by atoms with Crippen molar-refractivity contribution in [3.8, 4) is 0 Å². The number of ketones is 3. The van der Waals surface area contributed by atoms with Crippen molar-refractivity contribution in [2.24, 2.45) is 5.92 Å². The Kier molecular flexibility index (Phi) is 5.88. The van der Waals surface area contributed by atoms with Gasteiger partial charge in [-0.25, -0.2) is 0 Å². The molecule has 0 aliphatic heterocycles. The van der Waals surface area contributed by atoms with Gasteiger partial charge in [0.05, 0.1) is 5.57 Å². The summed E-state index contributed by atoms with van der Waals surface area (Å²) in [6, 6.07) is 26.0. The van der Waals surface area contributed by atoms with Gasteiger partial charge in [0.15, 0.2) is 17.3 Å². The SMILES string of the molecule is O=C1C(=C/C=C(/C=C/C2C(=O)c3cc4ccccc4cc3C2[O-])c2ccncc2)C(=O)c2cc3ccccc3cc21. The van der Waals surface area contributed by atoms with Gasteiger partial charge in [0.25, 0.3) is 0 Å². The third-order valence-corrected chi connectivity index (χ3v) is 7.91. The average Bonchev–Trinajstić information content (AvgIpc) is 3.38. The molecule has 1 heterocycles. The minimum atomic E-state index is -1.22. The summed E-state index contributed by atoms with van der Waals surface area (Å²) in [5.41, 5.74) is 3.24. The second kappa shape index (κ2) is 9.73. The van der Waals surface area contributed by atoms with E-state index in [1.807, 2.05) is 54.6 Å². The molecule has 0 saturated heterocycles. The number of pyridine rings is 1. The zero-order valence-corrected chi connectivity index (χ0v) is 21.8. The summed E-state index contributed by atoms with van der Waals surface area (Å²) in [5.74, 6) is -1.72. The summed E-state index contributed by atoms with van der Waals surface area (Å²) in [4.78, 5) is 43.9.